The highest BCUT2D eigenvalue weighted by Gasteiger charge is 2.36. The van der Waals surface area contributed by atoms with Crippen molar-refractivity contribution >= 4 is 70.8 Å². The van der Waals surface area contributed by atoms with Crippen LogP contribution in [0.25, 0.3) is 0 Å². The molecule has 0 saturated carbocycles. The van der Waals surface area contributed by atoms with Crippen LogP contribution in [-0.2, 0) is 0 Å². The minimum absolute atomic E-state index is 1.29. The average Bonchev–Trinajstić information content (AvgIpc) is 2.66. The molecule has 2 radical (unpaired) electrons. The highest BCUT2D eigenvalue weighted by molar-refractivity contribution is 6.97. The number of rotatable bonds is 4. The molecule has 10 heteroatoms. The summed E-state index contributed by atoms with van der Waals surface area (Å²) in [4.78, 5) is 0. The van der Waals surface area contributed by atoms with Crippen molar-refractivity contribution in [3.8, 4) is 0 Å². The van der Waals surface area contributed by atoms with Gasteiger partial charge in [0.25, 0.3) is 0 Å². The predicted octanol–water partition coefficient (Wildman–Crippen LogP) is 7.03. The first-order chi connectivity index (χ1) is 15.4. The minimum atomic E-state index is -1.67. The van der Waals surface area contributed by atoms with Crippen molar-refractivity contribution in [1.29, 1.82) is 0 Å². The lowest BCUT2D eigenvalue weighted by Crippen LogP contribution is -2.61. The van der Waals surface area contributed by atoms with E-state index in [-0.39, 0.29) is 0 Å². The fourth-order valence-electron chi connectivity index (χ4n) is 4.29. The Balaban J connectivity index is 2.26. The van der Waals surface area contributed by atoms with Gasteiger partial charge in [0.2, 0.25) is 0 Å². The SMILES string of the molecule is C[Si](C)(C)N1[B]N([Si](C)(C)C)c2ccc(cc2)N([Si](C)(C)C)[B]N([Si](C)(C)C)c2ccc1cc2. The van der Waals surface area contributed by atoms with Gasteiger partial charge >= 0.3 is 15.1 Å². The second-order valence-corrected chi connectivity index (χ2v) is 32.7. The van der Waals surface area contributed by atoms with Gasteiger partial charge in [-0.15, -0.1) is 0 Å². The second kappa shape index (κ2) is 9.26. The molecule has 4 bridgehead atoms. The topological polar surface area (TPSA) is 13.0 Å². The molecule has 0 aromatic heterocycles. The van der Waals surface area contributed by atoms with E-state index in [0.29, 0.717) is 0 Å². The summed E-state index contributed by atoms with van der Waals surface area (Å²) in [5.41, 5.74) is 5.16. The molecule has 6 rings (SSSR count). The van der Waals surface area contributed by atoms with E-state index in [1.807, 2.05) is 0 Å². The molecule has 0 aliphatic carbocycles. The van der Waals surface area contributed by atoms with Gasteiger partial charge in [-0.05, 0) is 48.5 Å². The first-order valence-electron chi connectivity index (χ1n) is 12.5. The lowest BCUT2D eigenvalue weighted by Gasteiger charge is -2.47. The largest absolute Gasteiger partial charge is 0.427 e. The monoisotopic (exact) mass is 522 g/mol. The van der Waals surface area contributed by atoms with Crippen molar-refractivity contribution in [3.63, 3.8) is 0 Å². The molecule has 0 atom stereocenters. The highest BCUT2D eigenvalue weighted by atomic mass is 28.3. The van der Waals surface area contributed by atoms with Crippen molar-refractivity contribution in [2.75, 3.05) is 17.9 Å². The molecule has 0 amide bonds. The maximum Gasteiger partial charge on any atom is 0.373 e. The van der Waals surface area contributed by atoms with Gasteiger partial charge in [-0.1, -0.05) is 78.6 Å². The van der Waals surface area contributed by atoms with Crippen LogP contribution in [-0.4, -0.2) is 48.0 Å². The highest BCUT2D eigenvalue weighted by Crippen LogP contribution is 2.33. The van der Waals surface area contributed by atoms with E-state index < -0.39 is 32.9 Å². The first-order valence-corrected chi connectivity index (χ1v) is 26.3. The van der Waals surface area contributed by atoms with Crippen LogP contribution < -0.4 is 17.9 Å². The summed E-state index contributed by atoms with van der Waals surface area (Å²) in [6.45, 7) is 29.2. The van der Waals surface area contributed by atoms with Crippen molar-refractivity contribution in [2.45, 2.75) is 78.6 Å². The van der Waals surface area contributed by atoms with Gasteiger partial charge in [-0.25, -0.2) is 0 Å². The molecular weight excluding hydrogens is 478 g/mol. The van der Waals surface area contributed by atoms with Crippen molar-refractivity contribution in [3.05, 3.63) is 48.5 Å². The smallest absolute Gasteiger partial charge is 0.373 e. The van der Waals surface area contributed by atoms with Gasteiger partial charge in [0, 0.05) is 22.7 Å². The van der Waals surface area contributed by atoms with Gasteiger partial charge < -0.3 is 17.9 Å². The van der Waals surface area contributed by atoms with E-state index in [9.17, 15) is 0 Å². The molecule has 2 aromatic carbocycles. The molecule has 0 saturated heterocycles. The summed E-state index contributed by atoms with van der Waals surface area (Å²) in [5.74, 6) is 0. The van der Waals surface area contributed by atoms with Crippen molar-refractivity contribution in [1.82, 2.24) is 0 Å². The zero-order valence-corrected chi connectivity index (χ0v) is 27.6. The third-order valence-corrected chi connectivity index (χ3v) is 13.4. The Morgan fingerprint density at radius 3 is 0.618 bits per heavy atom. The van der Waals surface area contributed by atoms with E-state index in [0.717, 1.165) is 0 Å². The van der Waals surface area contributed by atoms with Crippen LogP contribution in [0.15, 0.2) is 48.5 Å². The molecule has 4 heterocycles. The predicted molar refractivity (Wildman–Crippen MR) is 168 cm³/mol. The molecule has 0 N–H and O–H groups in total. The van der Waals surface area contributed by atoms with Crippen LogP contribution in [0.4, 0.5) is 22.7 Å². The Hall–Kier alpha value is -1.36. The Kier molecular flexibility index (Phi) is 7.41. The maximum atomic E-state index is 2.58. The quantitative estimate of drug-likeness (QED) is 0.400. The fraction of sp³-hybridized carbons (Fsp3) is 0.500. The molecular formula is C24H44B2N4Si4. The van der Waals surface area contributed by atoms with Gasteiger partial charge in [0.15, 0.2) is 0 Å². The van der Waals surface area contributed by atoms with Crippen LogP contribution in [0, 0.1) is 0 Å². The molecule has 182 valence electrons. The van der Waals surface area contributed by atoms with E-state index in [1.54, 1.807) is 0 Å². The Morgan fingerprint density at radius 1 is 0.353 bits per heavy atom. The number of hydrogen-bond donors (Lipinski definition) is 0. The Labute approximate surface area is 215 Å². The third kappa shape index (κ3) is 6.06. The summed E-state index contributed by atoms with van der Waals surface area (Å²) in [6, 6.07) is 18.7. The van der Waals surface area contributed by atoms with Gasteiger partial charge in [-0.2, -0.15) is 0 Å². The summed E-state index contributed by atoms with van der Waals surface area (Å²) >= 11 is 0. The first kappa shape index (κ1) is 27.2. The molecule has 34 heavy (non-hydrogen) atoms. The summed E-state index contributed by atoms with van der Waals surface area (Å²) in [6.07, 6.45) is 0. The average molecular weight is 523 g/mol. The Bertz CT molecular complexity index is 815. The molecule has 4 aliphatic rings. The van der Waals surface area contributed by atoms with E-state index in [4.69, 9.17) is 0 Å². The zero-order chi connectivity index (χ0) is 25.7. The van der Waals surface area contributed by atoms with Crippen molar-refractivity contribution in [2.24, 2.45) is 0 Å². The van der Waals surface area contributed by atoms with Crippen LogP contribution in [0.3, 0.4) is 0 Å². The van der Waals surface area contributed by atoms with E-state index in [1.165, 1.54) is 22.7 Å². The third-order valence-electron chi connectivity index (χ3n) is 6.16. The van der Waals surface area contributed by atoms with Crippen molar-refractivity contribution < 1.29 is 0 Å². The lowest BCUT2D eigenvalue weighted by molar-refractivity contribution is 1.32. The Morgan fingerprint density at radius 2 is 0.500 bits per heavy atom. The number of benzene rings is 2. The molecule has 0 fully saturated rings. The van der Waals surface area contributed by atoms with Gasteiger partial charge in [0.1, 0.15) is 32.9 Å². The number of nitrogens with zero attached hydrogens (tertiary/aromatic N) is 4. The zero-order valence-electron chi connectivity index (χ0n) is 23.6. The standard InChI is InChI=1S/C24H44B2N4Si4/c1-31(2,3)27-21-13-15-23(16-14-21)29(33(7,8)9)26-30(34(10,11)12)24-19-17-22(18-20-24)28(25-27)32(4,5)6/h13-20H,1-12H3. The molecule has 0 spiro atoms. The minimum Gasteiger partial charge on any atom is -0.427 e. The summed E-state index contributed by atoms with van der Waals surface area (Å²) in [7, 11) is -1.85. The van der Waals surface area contributed by atoms with Gasteiger partial charge in [0.05, 0.1) is 0 Å². The van der Waals surface area contributed by atoms with Gasteiger partial charge in [-0.3, -0.25) is 0 Å². The van der Waals surface area contributed by atoms with Crippen LogP contribution >= 0.6 is 0 Å². The molecule has 0 unspecified atom stereocenters. The van der Waals surface area contributed by atoms with Crippen LogP contribution in [0.1, 0.15) is 0 Å². The summed E-state index contributed by atoms with van der Waals surface area (Å²) in [5, 5.41) is 0. The van der Waals surface area contributed by atoms with Crippen LogP contribution in [0.2, 0.25) is 78.6 Å². The number of hydrogen-bond acceptors (Lipinski definition) is 4. The fourth-order valence-corrected chi connectivity index (χ4v) is 10.1. The molecule has 4 nitrogen and oxygen atoms in total. The van der Waals surface area contributed by atoms with Crippen LogP contribution in [0.5, 0.6) is 0 Å². The normalized spacial score (nSPS) is 15.9. The van der Waals surface area contributed by atoms with E-state index in [2.05, 4.69) is 160 Å². The molecule has 2 aromatic rings. The van der Waals surface area contributed by atoms with E-state index >= 15 is 0 Å². The summed E-state index contributed by atoms with van der Waals surface area (Å²) < 4.78 is 10.3. The number of anilines is 4. The second-order valence-electron chi connectivity index (χ2n) is 13.4. The maximum absolute atomic E-state index is 2.58. The molecule has 4 aliphatic heterocycles. The lowest BCUT2D eigenvalue weighted by atomic mass is 10.1.